The van der Waals surface area contributed by atoms with E-state index in [0.717, 1.165) is 90.2 Å². The maximum atomic E-state index is 13.0. The van der Waals surface area contributed by atoms with Gasteiger partial charge >= 0.3 is 0 Å². The predicted molar refractivity (Wildman–Crippen MR) is 155 cm³/mol. The fraction of sp³-hybridized carbons (Fsp3) is 0.438. The summed E-state index contributed by atoms with van der Waals surface area (Å²) in [5.41, 5.74) is 6.36. The average Bonchev–Trinajstić information content (AvgIpc) is 3.28. The molecular weight excluding hydrogens is 520 g/mol. The van der Waals surface area contributed by atoms with Crippen LogP contribution in [0, 0.1) is 0 Å². The van der Waals surface area contributed by atoms with Crippen LogP contribution in [-0.2, 0) is 11.2 Å². The van der Waals surface area contributed by atoms with E-state index in [0.29, 0.717) is 18.1 Å². The van der Waals surface area contributed by atoms with Crippen LogP contribution in [0.4, 0.5) is 8.92 Å². The molecule has 39 heavy (non-hydrogen) atoms. The number of ether oxygens (including phenoxy) is 2. The third-order valence-electron chi connectivity index (χ3n) is 7.34. The molecule has 2 aliphatic rings. The third-order valence-corrected chi connectivity index (χ3v) is 7.65. The van der Waals surface area contributed by atoms with Crippen molar-refractivity contribution in [1.82, 2.24) is 4.90 Å². The molecular formula is C32H38ClF2NO3. The summed E-state index contributed by atoms with van der Waals surface area (Å²) in [4.78, 5) is 6.30. The minimum Gasteiger partial charge on any atom is -0.494 e. The van der Waals surface area contributed by atoms with Crippen molar-refractivity contribution in [3.63, 3.8) is 0 Å². The van der Waals surface area contributed by atoms with Crippen molar-refractivity contribution in [3.8, 4) is 11.5 Å². The van der Waals surface area contributed by atoms with Crippen molar-refractivity contribution in [3.05, 3.63) is 81.6 Å². The lowest BCUT2D eigenvalue weighted by molar-refractivity contribution is -0.00629. The van der Waals surface area contributed by atoms with Crippen LogP contribution >= 0.6 is 11.6 Å². The molecule has 1 heterocycles. The van der Waals surface area contributed by atoms with Crippen LogP contribution in [0.2, 0.25) is 5.02 Å². The summed E-state index contributed by atoms with van der Waals surface area (Å²) < 4.78 is 37.4. The number of fused-ring (bicyclic) bond motifs is 1. The Labute approximate surface area is 235 Å². The van der Waals surface area contributed by atoms with Gasteiger partial charge < -0.3 is 9.47 Å². The second-order valence-electron chi connectivity index (χ2n) is 10.2. The molecule has 2 aromatic rings. The molecule has 0 saturated carbocycles. The fourth-order valence-electron chi connectivity index (χ4n) is 5.54. The monoisotopic (exact) mass is 557 g/mol. The molecule has 0 unspecified atom stereocenters. The zero-order chi connectivity index (χ0) is 27.8. The summed E-state index contributed by atoms with van der Waals surface area (Å²) in [5, 5.41) is 0.641. The van der Waals surface area contributed by atoms with E-state index in [1.165, 1.54) is 0 Å². The molecule has 1 aliphatic carbocycles. The summed E-state index contributed by atoms with van der Waals surface area (Å²) in [5.74, 6) is 1.78. The third kappa shape index (κ3) is 7.43. The van der Waals surface area contributed by atoms with Gasteiger partial charge in [0.05, 0.1) is 24.1 Å². The number of rotatable bonds is 11. The highest BCUT2D eigenvalue weighted by Gasteiger charge is 2.24. The minimum atomic E-state index is -0.282. The van der Waals surface area contributed by atoms with Crippen molar-refractivity contribution in [2.24, 2.45) is 0 Å². The van der Waals surface area contributed by atoms with Crippen molar-refractivity contribution in [1.29, 1.82) is 0 Å². The second kappa shape index (κ2) is 14.0. The molecule has 210 valence electrons. The summed E-state index contributed by atoms with van der Waals surface area (Å²) in [6, 6.07) is 11.2. The van der Waals surface area contributed by atoms with E-state index in [1.54, 1.807) is 12.1 Å². The van der Waals surface area contributed by atoms with Crippen LogP contribution in [0.15, 0.2) is 59.9 Å². The molecule has 0 bridgehead atoms. The van der Waals surface area contributed by atoms with E-state index in [-0.39, 0.29) is 18.5 Å². The number of hydrogen-bond donors (Lipinski definition) is 0. The van der Waals surface area contributed by atoms with E-state index in [4.69, 9.17) is 21.1 Å². The SMILES string of the molecule is CCOc1ccc(C2=C(/C(C)=C/C=C(\C)O[C@H]3CCN(CCCF)C3)c3ccc(OF)cc3CCC2)c(Cl)c1. The Morgan fingerprint density at radius 3 is 2.62 bits per heavy atom. The van der Waals surface area contributed by atoms with Crippen LogP contribution in [-0.4, -0.2) is 43.9 Å². The topological polar surface area (TPSA) is 30.9 Å². The van der Waals surface area contributed by atoms with Crippen LogP contribution in [0.3, 0.4) is 0 Å². The number of hydrogen-bond acceptors (Lipinski definition) is 4. The Morgan fingerprint density at radius 1 is 1.08 bits per heavy atom. The minimum absolute atomic E-state index is 0.115. The van der Waals surface area contributed by atoms with Gasteiger partial charge in [-0.25, -0.2) is 0 Å². The largest absolute Gasteiger partial charge is 0.494 e. The molecule has 0 aromatic heterocycles. The molecule has 0 radical (unpaired) electrons. The van der Waals surface area contributed by atoms with Crippen molar-refractivity contribution in [2.75, 3.05) is 32.9 Å². The molecule has 1 atom stereocenters. The lowest BCUT2D eigenvalue weighted by atomic mass is 9.88. The number of benzene rings is 2. The molecule has 2 aromatic carbocycles. The number of likely N-dealkylation sites (tertiary alicyclic amines) is 1. The normalized spacial score (nSPS) is 18.7. The first-order valence-electron chi connectivity index (χ1n) is 13.8. The van der Waals surface area contributed by atoms with E-state index in [9.17, 15) is 8.92 Å². The number of alkyl halides is 1. The van der Waals surface area contributed by atoms with Gasteiger partial charge in [-0.2, -0.15) is 0 Å². The van der Waals surface area contributed by atoms with Crippen LogP contribution in [0.5, 0.6) is 11.5 Å². The first-order chi connectivity index (χ1) is 18.9. The quantitative estimate of drug-likeness (QED) is 0.204. The molecule has 1 fully saturated rings. The molecule has 0 N–H and O–H groups in total. The summed E-state index contributed by atoms with van der Waals surface area (Å²) >= 11 is 6.80. The average molecular weight is 558 g/mol. The first-order valence-corrected chi connectivity index (χ1v) is 14.2. The van der Waals surface area contributed by atoms with Crippen molar-refractivity contribution >= 4 is 22.7 Å². The Bertz CT molecular complexity index is 1240. The highest BCUT2D eigenvalue weighted by atomic mass is 35.5. The molecule has 4 nitrogen and oxygen atoms in total. The Kier molecular flexibility index (Phi) is 10.5. The molecule has 0 amide bonds. The maximum absolute atomic E-state index is 13.0. The highest BCUT2D eigenvalue weighted by Crippen LogP contribution is 2.43. The molecule has 1 saturated heterocycles. The molecule has 4 rings (SSSR count). The maximum Gasteiger partial charge on any atom is 0.172 e. The number of halogens is 3. The number of aryl methyl sites for hydroxylation is 1. The lowest BCUT2D eigenvalue weighted by Crippen LogP contribution is -2.24. The van der Waals surface area contributed by atoms with Crippen molar-refractivity contribution in [2.45, 2.75) is 59.0 Å². The van der Waals surface area contributed by atoms with E-state index in [2.05, 4.69) is 22.8 Å². The Balaban J connectivity index is 1.68. The van der Waals surface area contributed by atoms with Gasteiger partial charge in [-0.3, -0.25) is 14.2 Å². The van der Waals surface area contributed by atoms with E-state index < -0.39 is 0 Å². The van der Waals surface area contributed by atoms with Gasteiger partial charge in [0, 0.05) is 24.2 Å². The zero-order valence-corrected chi connectivity index (χ0v) is 23.8. The van der Waals surface area contributed by atoms with Gasteiger partial charge in [-0.15, -0.1) is 0 Å². The second-order valence-corrected chi connectivity index (χ2v) is 10.6. The zero-order valence-electron chi connectivity index (χ0n) is 23.1. The lowest BCUT2D eigenvalue weighted by Gasteiger charge is -2.19. The number of allylic oxidation sites excluding steroid dienone is 6. The molecule has 0 spiro atoms. The summed E-state index contributed by atoms with van der Waals surface area (Å²) in [6.07, 6.45) is 8.25. The van der Waals surface area contributed by atoms with E-state index in [1.807, 2.05) is 44.2 Å². The smallest absolute Gasteiger partial charge is 0.172 e. The highest BCUT2D eigenvalue weighted by molar-refractivity contribution is 6.33. The van der Waals surface area contributed by atoms with Gasteiger partial charge in [-0.1, -0.05) is 23.7 Å². The summed E-state index contributed by atoms with van der Waals surface area (Å²) in [6.45, 7) is 8.83. The van der Waals surface area contributed by atoms with Gasteiger partial charge in [0.2, 0.25) is 0 Å². The Morgan fingerprint density at radius 2 is 1.87 bits per heavy atom. The molecule has 7 heteroatoms. The van der Waals surface area contributed by atoms with Crippen LogP contribution in [0.1, 0.15) is 63.1 Å². The standard InChI is InChI=1S/C32H38ClF2NO3/c1-4-37-25-11-14-29(31(33)20-25)30-8-5-7-24-19-26(39-35)12-13-28(24)32(30)22(2)9-10-23(3)38-27-15-18-36(21-27)17-6-16-34/h9-14,19-20,27H,4-8,15-18,21H2,1-3H3/b22-9+,23-10+/t27-/m0/s1. The fourth-order valence-corrected chi connectivity index (χ4v) is 5.82. The van der Waals surface area contributed by atoms with Crippen LogP contribution in [0.25, 0.3) is 11.1 Å². The van der Waals surface area contributed by atoms with Gasteiger partial charge in [0.25, 0.3) is 0 Å². The van der Waals surface area contributed by atoms with E-state index >= 15 is 0 Å². The molecule has 1 aliphatic heterocycles. The van der Waals surface area contributed by atoms with Crippen molar-refractivity contribution < 1.29 is 23.3 Å². The van der Waals surface area contributed by atoms with Gasteiger partial charge in [-0.05, 0) is 123 Å². The summed E-state index contributed by atoms with van der Waals surface area (Å²) in [7, 11) is 0. The van der Waals surface area contributed by atoms with Gasteiger partial charge in [0.1, 0.15) is 11.9 Å². The number of nitrogens with zero attached hydrogens (tertiary/aromatic N) is 1. The van der Waals surface area contributed by atoms with Crippen LogP contribution < -0.4 is 9.68 Å². The first kappa shape index (κ1) is 29.2. The predicted octanol–water partition coefficient (Wildman–Crippen LogP) is 8.55. The Hall–Kier alpha value is -2.83. The van der Waals surface area contributed by atoms with Gasteiger partial charge in [0.15, 0.2) is 5.75 Å².